The summed E-state index contributed by atoms with van der Waals surface area (Å²) in [4.78, 5) is 16.1. The molecule has 2 atom stereocenters. The minimum absolute atomic E-state index is 0.0113. The number of pyridine rings is 1. The highest BCUT2D eigenvalue weighted by molar-refractivity contribution is 8.00. The molecule has 1 aliphatic rings. The summed E-state index contributed by atoms with van der Waals surface area (Å²) in [6, 6.07) is 3.59. The summed E-state index contributed by atoms with van der Waals surface area (Å²) >= 11 is 7.19. The monoisotopic (exact) mass is 300 g/mol. The first kappa shape index (κ1) is 14.6. The molecule has 2 rings (SSSR count). The van der Waals surface area contributed by atoms with Gasteiger partial charge in [-0.05, 0) is 31.9 Å². The zero-order valence-corrected chi connectivity index (χ0v) is 12.3. The summed E-state index contributed by atoms with van der Waals surface area (Å²) in [7, 11) is 0. The highest BCUT2D eigenvalue weighted by atomic mass is 35.5. The van der Waals surface area contributed by atoms with Gasteiger partial charge in [0.05, 0.1) is 21.4 Å². The Hall–Kier alpha value is -0.780. The second kappa shape index (κ2) is 7.12. The van der Waals surface area contributed by atoms with Crippen molar-refractivity contribution in [3.8, 4) is 0 Å². The molecule has 0 spiro atoms. The summed E-state index contributed by atoms with van der Waals surface area (Å²) in [5.41, 5.74) is 0. The van der Waals surface area contributed by atoms with Gasteiger partial charge in [0, 0.05) is 19.3 Å². The van der Waals surface area contributed by atoms with Crippen molar-refractivity contribution in [1.82, 2.24) is 10.3 Å². The molecule has 0 aliphatic carbocycles. The van der Waals surface area contributed by atoms with E-state index in [-0.39, 0.29) is 17.3 Å². The van der Waals surface area contributed by atoms with Crippen molar-refractivity contribution < 1.29 is 9.53 Å². The molecule has 1 saturated heterocycles. The van der Waals surface area contributed by atoms with Crippen LogP contribution in [0.5, 0.6) is 0 Å². The van der Waals surface area contributed by atoms with Gasteiger partial charge in [-0.2, -0.15) is 0 Å². The molecule has 0 saturated carbocycles. The van der Waals surface area contributed by atoms with E-state index < -0.39 is 0 Å². The van der Waals surface area contributed by atoms with Crippen LogP contribution in [-0.4, -0.2) is 35.4 Å². The number of hydrogen-bond donors (Lipinski definition) is 1. The molecule has 2 heterocycles. The van der Waals surface area contributed by atoms with Crippen molar-refractivity contribution in [3.05, 3.63) is 23.4 Å². The molecular formula is C13H17ClN2O2S. The lowest BCUT2D eigenvalue weighted by molar-refractivity contribution is -0.120. The van der Waals surface area contributed by atoms with Crippen molar-refractivity contribution in [2.24, 2.45) is 0 Å². The summed E-state index contributed by atoms with van der Waals surface area (Å²) in [5.74, 6) is 0.0113. The van der Waals surface area contributed by atoms with Crippen LogP contribution in [0.25, 0.3) is 0 Å². The van der Waals surface area contributed by atoms with Crippen LogP contribution in [0.15, 0.2) is 23.4 Å². The Morgan fingerprint density at radius 1 is 1.68 bits per heavy atom. The van der Waals surface area contributed by atoms with Crippen molar-refractivity contribution in [1.29, 1.82) is 0 Å². The zero-order chi connectivity index (χ0) is 13.7. The number of thioether (sulfide) groups is 1. The van der Waals surface area contributed by atoms with E-state index in [0.29, 0.717) is 11.6 Å². The third-order valence-electron chi connectivity index (χ3n) is 2.89. The minimum Gasteiger partial charge on any atom is -0.376 e. The zero-order valence-electron chi connectivity index (χ0n) is 10.8. The highest BCUT2D eigenvalue weighted by Gasteiger charge is 2.19. The Morgan fingerprint density at radius 3 is 3.16 bits per heavy atom. The number of halogens is 1. The maximum absolute atomic E-state index is 11.9. The molecule has 1 amide bonds. The SMILES string of the molecule is CC(Sc1ccc(Cl)cn1)C(=O)NCC1CCCO1. The molecule has 104 valence electrons. The maximum atomic E-state index is 11.9. The number of nitrogens with zero attached hydrogens (tertiary/aromatic N) is 1. The Kier molecular flexibility index (Phi) is 5.48. The van der Waals surface area contributed by atoms with Crippen molar-refractivity contribution in [2.75, 3.05) is 13.2 Å². The molecule has 6 heteroatoms. The van der Waals surface area contributed by atoms with E-state index in [4.69, 9.17) is 16.3 Å². The molecule has 0 radical (unpaired) electrons. The fourth-order valence-corrected chi connectivity index (χ4v) is 2.75. The molecule has 1 N–H and O–H groups in total. The molecule has 1 aliphatic heterocycles. The third kappa shape index (κ3) is 4.67. The number of rotatable bonds is 5. The van der Waals surface area contributed by atoms with Gasteiger partial charge in [-0.25, -0.2) is 4.98 Å². The topological polar surface area (TPSA) is 51.2 Å². The van der Waals surface area contributed by atoms with Gasteiger partial charge < -0.3 is 10.1 Å². The van der Waals surface area contributed by atoms with Gasteiger partial charge in [0.15, 0.2) is 0 Å². The molecule has 19 heavy (non-hydrogen) atoms. The summed E-state index contributed by atoms with van der Waals surface area (Å²) in [6.07, 6.45) is 3.87. The van der Waals surface area contributed by atoms with Gasteiger partial charge in [-0.1, -0.05) is 23.4 Å². The van der Waals surface area contributed by atoms with Gasteiger partial charge in [-0.15, -0.1) is 0 Å². The number of amides is 1. The normalized spacial score (nSPS) is 20.2. The molecule has 2 unspecified atom stereocenters. The van der Waals surface area contributed by atoms with Gasteiger partial charge in [0.1, 0.15) is 0 Å². The second-order valence-electron chi connectivity index (χ2n) is 4.45. The van der Waals surface area contributed by atoms with Crippen LogP contribution in [-0.2, 0) is 9.53 Å². The van der Waals surface area contributed by atoms with Crippen LogP contribution < -0.4 is 5.32 Å². The molecular weight excluding hydrogens is 284 g/mol. The Morgan fingerprint density at radius 2 is 2.53 bits per heavy atom. The van der Waals surface area contributed by atoms with Gasteiger partial charge in [-0.3, -0.25) is 4.79 Å². The van der Waals surface area contributed by atoms with Crippen molar-refractivity contribution in [2.45, 2.75) is 36.1 Å². The number of carbonyl (C=O) groups excluding carboxylic acids is 1. The van der Waals surface area contributed by atoms with E-state index in [9.17, 15) is 4.79 Å². The predicted molar refractivity (Wildman–Crippen MR) is 76.5 cm³/mol. The van der Waals surface area contributed by atoms with Crippen LogP contribution in [0.4, 0.5) is 0 Å². The average Bonchev–Trinajstić information content (AvgIpc) is 2.91. The number of aromatic nitrogens is 1. The fraction of sp³-hybridized carbons (Fsp3) is 0.538. The van der Waals surface area contributed by atoms with E-state index in [2.05, 4.69) is 10.3 Å². The van der Waals surface area contributed by atoms with Gasteiger partial charge >= 0.3 is 0 Å². The molecule has 4 nitrogen and oxygen atoms in total. The van der Waals surface area contributed by atoms with E-state index in [1.165, 1.54) is 11.8 Å². The number of ether oxygens (including phenoxy) is 1. The second-order valence-corrected chi connectivity index (χ2v) is 6.25. The van der Waals surface area contributed by atoms with Crippen LogP contribution in [0.2, 0.25) is 5.02 Å². The van der Waals surface area contributed by atoms with E-state index in [1.807, 2.05) is 13.0 Å². The van der Waals surface area contributed by atoms with Crippen molar-refractivity contribution >= 4 is 29.3 Å². The van der Waals surface area contributed by atoms with Gasteiger partial charge in [0.2, 0.25) is 5.91 Å². The number of carbonyl (C=O) groups is 1. The maximum Gasteiger partial charge on any atom is 0.233 e. The van der Waals surface area contributed by atoms with Crippen LogP contribution in [0, 0.1) is 0 Å². The van der Waals surface area contributed by atoms with E-state index in [0.717, 1.165) is 24.5 Å². The Bertz CT molecular complexity index is 421. The smallest absolute Gasteiger partial charge is 0.233 e. The van der Waals surface area contributed by atoms with E-state index >= 15 is 0 Å². The first-order chi connectivity index (χ1) is 9.15. The molecule has 1 fully saturated rings. The molecule has 0 aromatic carbocycles. The summed E-state index contributed by atoms with van der Waals surface area (Å²) < 4.78 is 5.47. The lowest BCUT2D eigenvalue weighted by Gasteiger charge is -2.14. The van der Waals surface area contributed by atoms with Crippen LogP contribution in [0.3, 0.4) is 0 Å². The number of nitrogens with one attached hydrogen (secondary N) is 1. The molecule has 0 bridgehead atoms. The highest BCUT2D eigenvalue weighted by Crippen LogP contribution is 2.22. The van der Waals surface area contributed by atoms with Gasteiger partial charge in [0.25, 0.3) is 0 Å². The lowest BCUT2D eigenvalue weighted by atomic mass is 10.2. The average molecular weight is 301 g/mol. The molecule has 1 aromatic heterocycles. The largest absolute Gasteiger partial charge is 0.376 e. The summed E-state index contributed by atoms with van der Waals surface area (Å²) in [6.45, 7) is 3.27. The Balaban J connectivity index is 1.76. The van der Waals surface area contributed by atoms with Crippen LogP contribution >= 0.6 is 23.4 Å². The van der Waals surface area contributed by atoms with Crippen molar-refractivity contribution in [3.63, 3.8) is 0 Å². The minimum atomic E-state index is -0.185. The fourth-order valence-electron chi connectivity index (χ4n) is 1.83. The van der Waals surface area contributed by atoms with E-state index in [1.54, 1.807) is 12.3 Å². The predicted octanol–water partition coefficient (Wildman–Crippen LogP) is 2.51. The van der Waals surface area contributed by atoms with Crippen LogP contribution in [0.1, 0.15) is 19.8 Å². The standard InChI is InChI=1S/C13H17ClN2O2S/c1-9(19-12-5-4-10(14)7-15-12)13(17)16-8-11-3-2-6-18-11/h4-5,7,9,11H,2-3,6,8H2,1H3,(H,16,17). The first-order valence-electron chi connectivity index (χ1n) is 6.32. The number of hydrogen-bond acceptors (Lipinski definition) is 4. The quantitative estimate of drug-likeness (QED) is 0.849. The Labute approximate surface area is 122 Å². The summed E-state index contributed by atoms with van der Waals surface area (Å²) in [5, 5.41) is 4.12. The lowest BCUT2D eigenvalue weighted by Crippen LogP contribution is -2.36. The molecule has 1 aromatic rings. The first-order valence-corrected chi connectivity index (χ1v) is 7.58. The third-order valence-corrected chi connectivity index (χ3v) is 4.17.